The minimum atomic E-state index is -4.21. The molecule has 1 nitrogen and oxygen atoms in total. The molecule has 0 heterocycles. The van der Waals surface area contributed by atoms with Gasteiger partial charge in [0, 0.05) is 21.6 Å². The number of benzene rings is 11. The largest absolute Gasteiger partial charge is 0.497 e. The third kappa shape index (κ3) is 156. The molecule has 0 aliphatic rings. The highest BCUT2D eigenvalue weighted by atomic mass is 79.9. The Morgan fingerprint density at radius 3 is 0.532 bits per heavy atom. The van der Waals surface area contributed by atoms with Gasteiger partial charge in [-0.2, -0.15) is 13.2 Å². The van der Waals surface area contributed by atoms with E-state index >= 15 is 0 Å². The zero-order valence-corrected chi connectivity index (χ0v) is 89.4. The summed E-state index contributed by atoms with van der Waals surface area (Å²) in [6.07, 6.45) is -4.21. The molecule has 0 spiro atoms. The number of alkyl halides is 3. The van der Waals surface area contributed by atoms with E-state index in [0.717, 1.165) is 75.9 Å². The fourth-order valence-corrected chi connectivity index (χ4v) is 5.84. The molecule has 11 aromatic carbocycles. The van der Waals surface area contributed by atoms with Crippen molar-refractivity contribution in [2.24, 2.45) is 0 Å². The maximum atomic E-state index is 11.9. The third-order valence-corrected chi connectivity index (χ3v) is 10.4. The zero-order valence-electron chi connectivity index (χ0n) is 87.1. The average molecular weight is 1880 g/mol. The van der Waals surface area contributed by atoms with Crippen LogP contribution in [0.3, 0.4) is 0 Å². The third-order valence-electron chi connectivity index (χ3n) is 9.64. The molecule has 730 valence electrons. The average Bonchev–Trinajstić information content (AvgIpc) is 0.879. The first-order chi connectivity index (χ1) is 61.1. The van der Waals surface area contributed by atoms with Gasteiger partial charge in [0.2, 0.25) is 0 Å². The maximum absolute atomic E-state index is 11.9. The molecule has 0 fully saturated rings. The molecule has 0 saturated heterocycles. The Hall–Kier alpha value is -8.85. The first-order valence-corrected chi connectivity index (χ1v) is 46.8. The number of methoxy groups -OCH3 is 1. The van der Waals surface area contributed by atoms with E-state index in [1.807, 2.05) is 386 Å². The predicted octanol–water partition coefficient (Wildman–Crippen LogP) is 43.7. The van der Waals surface area contributed by atoms with Crippen LogP contribution in [0.4, 0.5) is 52.7 Å². The second-order valence-electron chi connectivity index (χ2n) is 16.8. The lowest BCUT2D eigenvalue weighted by Crippen LogP contribution is -2.03. The summed E-state index contributed by atoms with van der Waals surface area (Å²) >= 11 is 8.85. The molecular weight excluding hydrogens is 1690 g/mol. The second kappa shape index (κ2) is 167. The number of para-hydroxylation sites is 1. The van der Waals surface area contributed by atoms with Crippen molar-refractivity contribution in [2.45, 2.75) is 304 Å². The van der Waals surface area contributed by atoms with Gasteiger partial charge in [-0.3, -0.25) is 0 Å². The van der Waals surface area contributed by atoms with Gasteiger partial charge >= 0.3 is 6.18 Å². The number of halogens is 14. The first kappa shape index (κ1) is 167. The number of hydrogen-bond donors (Lipinski definition) is 0. The van der Waals surface area contributed by atoms with E-state index in [4.69, 9.17) is 16.3 Å². The highest BCUT2D eigenvalue weighted by molar-refractivity contribution is 9.10. The first-order valence-electron chi connectivity index (χ1n) is 45.6. The van der Waals surface area contributed by atoms with E-state index in [1.54, 1.807) is 31.4 Å². The zero-order chi connectivity index (χ0) is 104. The molecule has 0 aliphatic carbocycles. The molecular formula is C111H182BrClF12O. The molecule has 0 radical (unpaired) electrons. The van der Waals surface area contributed by atoms with Crippen molar-refractivity contribution in [3.05, 3.63) is 387 Å². The van der Waals surface area contributed by atoms with E-state index in [-0.39, 0.29) is 5.82 Å². The van der Waals surface area contributed by atoms with Crippen LogP contribution in [-0.4, -0.2) is 7.11 Å². The Morgan fingerprint density at radius 2 is 0.397 bits per heavy atom. The van der Waals surface area contributed by atoms with E-state index in [0.29, 0.717) is 0 Å². The Labute approximate surface area is 784 Å². The summed E-state index contributed by atoms with van der Waals surface area (Å²) in [5.41, 5.74) is 3.38. The fraction of sp³-hybridized carbons (Fsp3) is 0.405. The van der Waals surface area contributed by atoms with Gasteiger partial charge in [-0.1, -0.05) is 503 Å². The topological polar surface area (TPSA) is 9.23 Å². The Balaban J connectivity index is -0.0000000524. The van der Waals surface area contributed by atoms with Crippen molar-refractivity contribution in [1.82, 2.24) is 0 Å². The summed E-state index contributed by atoms with van der Waals surface area (Å²) in [5, 5.41) is 0.794. The number of aryl methyl sites for hydroxylation is 3. The molecule has 0 unspecified atom stereocenters. The Bertz CT molecular complexity index is 3030. The minimum absolute atomic E-state index is 0.178. The summed E-state index contributed by atoms with van der Waals surface area (Å²) in [5.74, 6) is -3.84. The van der Waals surface area contributed by atoms with Crippen molar-refractivity contribution < 1.29 is 57.4 Å². The SMILES string of the molecule is Brc1ccccc1.CC.CC.CC.CC.CC.CC.CC.CC.CC.CC.CC.CC.CC.CC.CC.CC.CC.CC.CC.CC.COc1ccccc1.Cc1ccc(C)cc1.Cc1ccccc1.Clc1ccccc1.FC(F)(F)c1ccccc1.Fc1ccc(F)cc1.Fc1cccc(F)c1.Fc1cccc(F)c1.Fc1ccccc1.Fc1ccccc1F. The highest BCUT2D eigenvalue weighted by Gasteiger charge is 2.29. The van der Waals surface area contributed by atoms with Crippen LogP contribution in [-0.2, 0) is 6.18 Å². The van der Waals surface area contributed by atoms with Crippen LogP contribution in [0, 0.1) is 73.1 Å². The lowest BCUT2D eigenvalue weighted by Gasteiger charge is -2.03. The van der Waals surface area contributed by atoms with Crippen LogP contribution in [0.2, 0.25) is 5.02 Å². The van der Waals surface area contributed by atoms with Crippen molar-refractivity contribution in [3.63, 3.8) is 0 Å². The standard InChI is InChI=1S/C8H10.C7H5F3.C7H8O.C7H8.C6H5Br.C6H5Cl.4C6H4F2.C6H5F.20C2H6/c1-7-3-5-8(2)6-4-7;8-7(9,10)6-4-2-1-3-5-6;1-8-7-5-3-2-4-6-7;1-7-5-3-2-4-6-7;2*7-6-4-2-1-3-5-6;7-5-1-2-6(8)4-3-5;2*7-5-2-1-3-6(8)4-5;7-5-3-1-2-4-6(5)8;7-6-4-2-1-3-5-6;20*1-2/h3-6H,1-2H3;1-5H;2-6H,1H3;2-6H,1H3;2*1-5H;4*1-4H;1-5H;20*1-2H3. The van der Waals surface area contributed by atoms with E-state index < -0.39 is 58.3 Å². The van der Waals surface area contributed by atoms with Crippen molar-refractivity contribution in [2.75, 3.05) is 7.11 Å². The van der Waals surface area contributed by atoms with Gasteiger partial charge in [-0.05, 0) is 130 Å². The van der Waals surface area contributed by atoms with Crippen molar-refractivity contribution >= 4 is 27.5 Å². The van der Waals surface area contributed by atoms with Gasteiger partial charge in [0.15, 0.2) is 11.6 Å². The van der Waals surface area contributed by atoms with Crippen LogP contribution in [0.5, 0.6) is 5.75 Å². The maximum Gasteiger partial charge on any atom is 0.416 e. The molecule has 0 N–H and O–H groups in total. The molecule has 11 rings (SSSR count). The molecule has 0 bridgehead atoms. The van der Waals surface area contributed by atoms with Crippen molar-refractivity contribution in [1.29, 1.82) is 0 Å². The van der Waals surface area contributed by atoms with Crippen LogP contribution in [0.1, 0.15) is 299 Å². The van der Waals surface area contributed by atoms with Gasteiger partial charge in [0.05, 0.1) is 12.7 Å². The molecule has 0 amide bonds. The van der Waals surface area contributed by atoms with Gasteiger partial charge < -0.3 is 4.74 Å². The van der Waals surface area contributed by atoms with Gasteiger partial charge in [-0.25, -0.2) is 39.5 Å². The quantitative estimate of drug-likeness (QED) is 0.149. The molecule has 11 aromatic rings. The summed E-state index contributed by atoms with van der Waals surface area (Å²) < 4.78 is 149. The van der Waals surface area contributed by atoms with Gasteiger partial charge in [0.25, 0.3) is 0 Å². The van der Waals surface area contributed by atoms with E-state index in [2.05, 4.69) is 73.1 Å². The lowest BCUT2D eigenvalue weighted by atomic mass is 10.2. The van der Waals surface area contributed by atoms with Crippen LogP contribution in [0.25, 0.3) is 0 Å². The van der Waals surface area contributed by atoms with Gasteiger partial charge in [0.1, 0.15) is 46.5 Å². The van der Waals surface area contributed by atoms with Crippen LogP contribution in [0.15, 0.2) is 308 Å². The molecule has 15 heteroatoms. The summed E-state index contributed by atoms with van der Waals surface area (Å²) in [6, 6.07) is 80.6. The normalized spacial score (nSPS) is 7.29. The number of hydrogen-bond acceptors (Lipinski definition) is 1. The summed E-state index contributed by atoms with van der Waals surface area (Å²) in [7, 11) is 1.66. The Kier molecular flexibility index (Phi) is 221. The van der Waals surface area contributed by atoms with E-state index in [9.17, 15) is 52.7 Å². The predicted molar refractivity (Wildman–Crippen MR) is 556 cm³/mol. The highest BCUT2D eigenvalue weighted by Crippen LogP contribution is 2.28. The molecule has 0 aromatic heterocycles. The minimum Gasteiger partial charge on any atom is -0.497 e. The van der Waals surface area contributed by atoms with Crippen molar-refractivity contribution in [3.8, 4) is 5.75 Å². The molecule has 0 atom stereocenters. The second-order valence-corrected chi connectivity index (χ2v) is 18.2. The number of ether oxygens (including phenoxy) is 1. The smallest absolute Gasteiger partial charge is 0.416 e. The monoisotopic (exact) mass is 1870 g/mol. The summed E-state index contributed by atoms with van der Waals surface area (Å²) in [6.45, 7) is 86.3. The Morgan fingerprint density at radius 1 is 0.214 bits per heavy atom. The number of rotatable bonds is 1. The summed E-state index contributed by atoms with van der Waals surface area (Å²) in [4.78, 5) is 0. The van der Waals surface area contributed by atoms with E-state index in [1.165, 1.54) is 89.5 Å². The van der Waals surface area contributed by atoms with Crippen LogP contribution >= 0.6 is 27.5 Å². The lowest BCUT2D eigenvalue weighted by molar-refractivity contribution is -0.137. The molecule has 126 heavy (non-hydrogen) atoms. The van der Waals surface area contributed by atoms with Crippen LogP contribution < -0.4 is 4.74 Å². The molecule has 0 saturated carbocycles. The molecule has 0 aliphatic heterocycles. The fourth-order valence-electron chi connectivity index (χ4n) is 5.39. The van der Waals surface area contributed by atoms with Gasteiger partial charge in [-0.15, -0.1) is 0 Å².